The number of esters is 1. The van der Waals surface area contributed by atoms with Crippen LogP contribution >= 0.6 is 0 Å². The molecule has 1 aliphatic heterocycles. The number of carbonyl (C=O) groups is 1. The van der Waals surface area contributed by atoms with Gasteiger partial charge in [-0.05, 0) is 29.3 Å². The van der Waals surface area contributed by atoms with E-state index in [-0.39, 0.29) is 17.1 Å². The summed E-state index contributed by atoms with van der Waals surface area (Å²) in [6.07, 6.45) is 1.61. The third-order valence-corrected chi connectivity index (χ3v) is 3.65. The molecule has 1 N–H and O–H groups in total. The van der Waals surface area contributed by atoms with E-state index in [0.717, 1.165) is 5.56 Å². The molecule has 2 aromatic carbocycles. The van der Waals surface area contributed by atoms with Gasteiger partial charge in [0.2, 0.25) is 0 Å². The number of benzene rings is 2. The van der Waals surface area contributed by atoms with Crippen LogP contribution in [0.2, 0.25) is 0 Å². The number of cyclic esters (lactones) is 1. The van der Waals surface area contributed by atoms with Gasteiger partial charge in [-0.15, -0.1) is 0 Å². The first kappa shape index (κ1) is 15.7. The summed E-state index contributed by atoms with van der Waals surface area (Å²) in [4.78, 5) is 12.2. The van der Waals surface area contributed by atoms with Gasteiger partial charge in [-0.1, -0.05) is 36.4 Å². The Kier molecular flexibility index (Phi) is 4.24. The Balaban J connectivity index is 2.04. The highest BCUT2D eigenvalue weighted by Gasteiger charge is 2.31. The van der Waals surface area contributed by atoms with Crippen molar-refractivity contribution in [1.29, 1.82) is 0 Å². The summed E-state index contributed by atoms with van der Waals surface area (Å²) >= 11 is 0. The van der Waals surface area contributed by atoms with Crippen molar-refractivity contribution in [2.45, 2.75) is 0 Å². The molecule has 0 bridgehead atoms. The van der Waals surface area contributed by atoms with E-state index in [1.54, 1.807) is 24.3 Å². The van der Waals surface area contributed by atoms with Crippen LogP contribution in [0.15, 0.2) is 60.0 Å². The monoisotopic (exact) mass is 324 g/mol. The molecule has 3 rings (SSSR count). The molecule has 0 fully saturated rings. The first-order valence-corrected chi connectivity index (χ1v) is 7.29. The van der Waals surface area contributed by atoms with Crippen molar-refractivity contribution in [3.05, 3.63) is 71.2 Å². The standard InChI is InChI=1S/C19H16O5/c1-22-14-9-8-13(11-15(14)23-2)17-18(20)16(24-19(17)21)10-12-6-4-3-5-7-12/h3-11,20H,1-2H3/b16-10-. The van der Waals surface area contributed by atoms with Gasteiger partial charge >= 0.3 is 5.97 Å². The zero-order chi connectivity index (χ0) is 17.1. The van der Waals surface area contributed by atoms with Gasteiger partial charge in [-0.2, -0.15) is 0 Å². The lowest BCUT2D eigenvalue weighted by atomic mass is 10.0. The van der Waals surface area contributed by atoms with Gasteiger partial charge < -0.3 is 19.3 Å². The molecular weight excluding hydrogens is 308 g/mol. The maximum atomic E-state index is 12.2. The number of aliphatic hydroxyl groups excluding tert-OH is 1. The molecule has 24 heavy (non-hydrogen) atoms. The lowest BCUT2D eigenvalue weighted by Gasteiger charge is -2.09. The molecule has 1 heterocycles. The van der Waals surface area contributed by atoms with Crippen molar-refractivity contribution in [1.82, 2.24) is 0 Å². The third-order valence-electron chi connectivity index (χ3n) is 3.65. The molecule has 0 radical (unpaired) electrons. The molecule has 5 nitrogen and oxygen atoms in total. The molecule has 0 saturated heterocycles. The van der Waals surface area contributed by atoms with E-state index in [2.05, 4.69) is 0 Å². The molecule has 122 valence electrons. The summed E-state index contributed by atoms with van der Waals surface area (Å²) in [6.45, 7) is 0. The first-order chi connectivity index (χ1) is 11.6. The summed E-state index contributed by atoms with van der Waals surface area (Å²) in [5.41, 5.74) is 1.41. The normalized spacial score (nSPS) is 15.6. The van der Waals surface area contributed by atoms with Crippen LogP contribution < -0.4 is 9.47 Å². The lowest BCUT2D eigenvalue weighted by molar-refractivity contribution is -0.131. The van der Waals surface area contributed by atoms with Gasteiger partial charge in [0.25, 0.3) is 0 Å². The van der Waals surface area contributed by atoms with Crippen molar-refractivity contribution >= 4 is 17.6 Å². The number of ether oxygens (including phenoxy) is 3. The Bertz CT molecular complexity index is 834. The number of aliphatic hydroxyl groups is 1. The van der Waals surface area contributed by atoms with Crippen LogP contribution in [0.3, 0.4) is 0 Å². The lowest BCUT2D eigenvalue weighted by Crippen LogP contribution is -1.99. The topological polar surface area (TPSA) is 65.0 Å². The number of carbonyl (C=O) groups excluding carboxylic acids is 1. The molecule has 0 amide bonds. The summed E-state index contributed by atoms with van der Waals surface area (Å²) in [7, 11) is 3.03. The Morgan fingerprint density at radius 2 is 1.71 bits per heavy atom. The van der Waals surface area contributed by atoms with Gasteiger partial charge in [-0.25, -0.2) is 4.79 Å². The minimum absolute atomic E-state index is 0.0955. The average Bonchev–Trinajstić information content (AvgIpc) is 2.89. The number of rotatable bonds is 4. The zero-order valence-corrected chi connectivity index (χ0v) is 13.3. The minimum atomic E-state index is -0.609. The number of methoxy groups -OCH3 is 2. The van der Waals surface area contributed by atoms with Crippen molar-refractivity contribution in [2.75, 3.05) is 14.2 Å². The molecule has 2 aromatic rings. The fraction of sp³-hybridized carbons (Fsp3) is 0.105. The second kappa shape index (κ2) is 6.50. The molecule has 0 aliphatic carbocycles. The van der Waals surface area contributed by atoms with E-state index in [1.165, 1.54) is 14.2 Å². The van der Waals surface area contributed by atoms with Crippen LogP contribution in [0, 0.1) is 0 Å². The van der Waals surface area contributed by atoms with Crippen molar-refractivity contribution in [2.24, 2.45) is 0 Å². The summed E-state index contributed by atoms with van der Waals surface area (Å²) in [6, 6.07) is 14.3. The van der Waals surface area contributed by atoms with Crippen LogP contribution in [0.5, 0.6) is 11.5 Å². The van der Waals surface area contributed by atoms with Crippen LogP contribution in [-0.2, 0) is 9.53 Å². The van der Waals surface area contributed by atoms with Crippen molar-refractivity contribution in [3.63, 3.8) is 0 Å². The molecular formula is C19H16O5. The highest BCUT2D eigenvalue weighted by molar-refractivity contribution is 6.21. The Hall–Kier alpha value is -3.21. The quantitative estimate of drug-likeness (QED) is 0.871. The Labute approximate surface area is 139 Å². The van der Waals surface area contributed by atoms with Crippen LogP contribution in [0.1, 0.15) is 11.1 Å². The minimum Gasteiger partial charge on any atom is -0.504 e. The third kappa shape index (κ3) is 2.84. The maximum Gasteiger partial charge on any atom is 0.348 e. The summed E-state index contributed by atoms with van der Waals surface area (Å²) in [5, 5.41) is 10.4. The van der Waals surface area contributed by atoms with Gasteiger partial charge in [-0.3, -0.25) is 0 Å². The van der Waals surface area contributed by atoms with E-state index in [0.29, 0.717) is 17.1 Å². The smallest absolute Gasteiger partial charge is 0.348 e. The summed E-state index contributed by atoms with van der Waals surface area (Å²) in [5.74, 6) is 0.310. The molecule has 0 unspecified atom stereocenters. The van der Waals surface area contributed by atoms with E-state index in [9.17, 15) is 9.90 Å². The predicted molar refractivity (Wildman–Crippen MR) is 89.6 cm³/mol. The van der Waals surface area contributed by atoms with E-state index < -0.39 is 5.97 Å². The van der Waals surface area contributed by atoms with Gasteiger partial charge in [0.15, 0.2) is 23.0 Å². The van der Waals surface area contributed by atoms with Crippen LogP contribution in [0.4, 0.5) is 0 Å². The number of hydrogen-bond acceptors (Lipinski definition) is 5. The van der Waals surface area contributed by atoms with E-state index >= 15 is 0 Å². The Morgan fingerprint density at radius 1 is 1.00 bits per heavy atom. The highest BCUT2D eigenvalue weighted by atomic mass is 16.6. The fourth-order valence-corrected chi connectivity index (χ4v) is 2.46. The number of hydrogen-bond donors (Lipinski definition) is 1. The molecule has 0 saturated carbocycles. The van der Waals surface area contributed by atoms with Crippen LogP contribution in [0.25, 0.3) is 11.6 Å². The largest absolute Gasteiger partial charge is 0.504 e. The molecule has 0 spiro atoms. The van der Waals surface area contributed by atoms with Gasteiger partial charge in [0, 0.05) is 0 Å². The fourth-order valence-electron chi connectivity index (χ4n) is 2.46. The van der Waals surface area contributed by atoms with E-state index in [4.69, 9.17) is 14.2 Å². The highest BCUT2D eigenvalue weighted by Crippen LogP contribution is 2.36. The summed E-state index contributed by atoms with van der Waals surface area (Å²) < 4.78 is 15.6. The second-order valence-corrected chi connectivity index (χ2v) is 5.10. The molecule has 1 aliphatic rings. The maximum absolute atomic E-state index is 12.2. The van der Waals surface area contributed by atoms with E-state index in [1.807, 2.05) is 30.3 Å². The van der Waals surface area contributed by atoms with Gasteiger partial charge in [0.1, 0.15) is 5.57 Å². The van der Waals surface area contributed by atoms with Crippen LogP contribution in [-0.4, -0.2) is 25.3 Å². The zero-order valence-electron chi connectivity index (χ0n) is 13.3. The second-order valence-electron chi connectivity index (χ2n) is 5.10. The van der Waals surface area contributed by atoms with Gasteiger partial charge in [0.05, 0.1) is 14.2 Å². The average molecular weight is 324 g/mol. The Morgan fingerprint density at radius 3 is 2.38 bits per heavy atom. The van der Waals surface area contributed by atoms with Crippen molar-refractivity contribution in [3.8, 4) is 11.5 Å². The SMILES string of the molecule is COc1ccc(C2=C(O)/C(=C/c3ccccc3)OC2=O)cc1OC. The van der Waals surface area contributed by atoms with Crippen molar-refractivity contribution < 1.29 is 24.1 Å². The molecule has 0 aromatic heterocycles. The molecule has 5 heteroatoms. The molecule has 0 atom stereocenters. The predicted octanol–water partition coefficient (Wildman–Crippen LogP) is 3.57. The first-order valence-electron chi connectivity index (χ1n) is 7.29.